The summed E-state index contributed by atoms with van der Waals surface area (Å²) in [5.41, 5.74) is 2.60. The maximum Gasteiger partial charge on any atom is 0.335 e. The van der Waals surface area contributed by atoms with E-state index in [1.165, 1.54) is 0 Å². The third kappa shape index (κ3) is 3.19. The third-order valence-corrected chi connectivity index (χ3v) is 3.22. The fraction of sp³-hybridized carbons (Fsp3) is 0.0714. The second kappa shape index (κ2) is 5.51. The van der Waals surface area contributed by atoms with Gasteiger partial charge in [-0.25, -0.2) is 4.79 Å². The predicted octanol–water partition coefficient (Wildman–Crippen LogP) is 4.74. The van der Waals surface area contributed by atoms with Gasteiger partial charge in [-0.2, -0.15) is 0 Å². The van der Waals surface area contributed by atoms with E-state index in [0.717, 1.165) is 16.9 Å². The summed E-state index contributed by atoms with van der Waals surface area (Å²) in [6.07, 6.45) is 0. The van der Waals surface area contributed by atoms with Crippen LogP contribution in [0.4, 0.5) is 11.4 Å². The molecule has 0 aliphatic heterocycles. The summed E-state index contributed by atoms with van der Waals surface area (Å²) in [4.78, 5) is 10.9. The Morgan fingerprint density at radius 2 is 1.79 bits per heavy atom. The van der Waals surface area contributed by atoms with Crippen molar-refractivity contribution in [2.75, 3.05) is 5.32 Å². The molecule has 0 spiro atoms. The van der Waals surface area contributed by atoms with Gasteiger partial charge in [0.15, 0.2) is 0 Å². The number of carboxylic acids is 1. The van der Waals surface area contributed by atoms with Gasteiger partial charge in [-0.15, -0.1) is 0 Å². The van der Waals surface area contributed by atoms with Gasteiger partial charge in [-0.1, -0.05) is 23.2 Å². The van der Waals surface area contributed by atoms with Gasteiger partial charge >= 0.3 is 5.97 Å². The Hall–Kier alpha value is -1.71. The van der Waals surface area contributed by atoms with Crippen LogP contribution in [0, 0.1) is 6.92 Å². The summed E-state index contributed by atoms with van der Waals surface area (Å²) in [5, 5.41) is 13.1. The van der Waals surface area contributed by atoms with Crippen LogP contribution in [0.2, 0.25) is 10.0 Å². The van der Waals surface area contributed by atoms with Crippen LogP contribution in [0.25, 0.3) is 0 Å². The number of aromatic carboxylic acids is 1. The first-order valence-corrected chi connectivity index (χ1v) is 6.29. The molecule has 0 aliphatic carbocycles. The minimum atomic E-state index is -0.945. The number of hydrogen-bond donors (Lipinski definition) is 2. The van der Waals surface area contributed by atoms with Gasteiger partial charge in [-0.3, -0.25) is 0 Å². The molecule has 5 heteroatoms. The van der Waals surface area contributed by atoms with Gasteiger partial charge in [0.05, 0.1) is 16.3 Å². The number of carboxylic acid groups (broad SMARTS) is 1. The van der Waals surface area contributed by atoms with E-state index in [1.807, 2.05) is 6.92 Å². The summed E-state index contributed by atoms with van der Waals surface area (Å²) >= 11 is 11.9. The molecule has 0 saturated heterocycles. The monoisotopic (exact) mass is 295 g/mol. The van der Waals surface area contributed by atoms with Gasteiger partial charge in [0.25, 0.3) is 0 Å². The minimum absolute atomic E-state index is 0.255. The van der Waals surface area contributed by atoms with Gasteiger partial charge in [-0.05, 0) is 48.9 Å². The van der Waals surface area contributed by atoms with E-state index in [-0.39, 0.29) is 5.56 Å². The summed E-state index contributed by atoms with van der Waals surface area (Å²) < 4.78 is 0. The molecule has 0 atom stereocenters. The van der Waals surface area contributed by atoms with Crippen LogP contribution >= 0.6 is 23.2 Å². The average Bonchev–Trinajstić information content (AvgIpc) is 2.34. The highest BCUT2D eigenvalue weighted by molar-refractivity contribution is 6.36. The first kappa shape index (κ1) is 13.7. The molecule has 98 valence electrons. The Morgan fingerprint density at radius 1 is 1.11 bits per heavy atom. The molecule has 2 rings (SSSR count). The molecular weight excluding hydrogens is 285 g/mol. The van der Waals surface area contributed by atoms with Crippen molar-refractivity contribution in [1.82, 2.24) is 0 Å². The van der Waals surface area contributed by atoms with Crippen LogP contribution in [0.3, 0.4) is 0 Å². The molecule has 0 amide bonds. The van der Waals surface area contributed by atoms with Crippen molar-refractivity contribution in [2.24, 2.45) is 0 Å². The Morgan fingerprint density at radius 3 is 2.37 bits per heavy atom. The Bertz CT molecular complexity index is 641. The van der Waals surface area contributed by atoms with E-state index in [9.17, 15) is 4.79 Å². The largest absolute Gasteiger partial charge is 0.478 e. The number of halogens is 2. The van der Waals surface area contributed by atoms with Crippen molar-refractivity contribution >= 4 is 40.5 Å². The van der Waals surface area contributed by atoms with Crippen LogP contribution in [-0.4, -0.2) is 11.1 Å². The number of aryl methyl sites for hydroxylation is 1. The van der Waals surface area contributed by atoms with Crippen molar-refractivity contribution in [3.05, 3.63) is 57.6 Å². The van der Waals surface area contributed by atoms with Gasteiger partial charge in [0.2, 0.25) is 0 Å². The summed E-state index contributed by atoms with van der Waals surface area (Å²) in [7, 11) is 0. The van der Waals surface area contributed by atoms with Crippen molar-refractivity contribution < 1.29 is 9.90 Å². The van der Waals surface area contributed by atoms with Gasteiger partial charge in [0.1, 0.15) is 0 Å². The van der Waals surface area contributed by atoms with Crippen LogP contribution in [0.15, 0.2) is 36.4 Å². The van der Waals surface area contributed by atoms with Crippen molar-refractivity contribution in [2.45, 2.75) is 6.92 Å². The second-order valence-corrected chi connectivity index (χ2v) is 4.93. The molecule has 0 saturated carbocycles. The van der Waals surface area contributed by atoms with Crippen LogP contribution in [-0.2, 0) is 0 Å². The van der Waals surface area contributed by atoms with E-state index in [2.05, 4.69) is 5.32 Å². The normalized spacial score (nSPS) is 10.3. The zero-order chi connectivity index (χ0) is 14.0. The molecule has 0 unspecified atom stereocenters. The lowest BCUT2D eigenvalue weighted by Crippen LogP contribution is -1.99. The summed E-state index contributed by atoms with van der Waals surface area (Å²) in [6.45, 7) is 1.83. The Kier molecular flexibility index (Phi) is 3.98. The lowest BCUT2D eigenvalue weighted by Gasteiger charge is -2.11. The molecule has 3 nitrogen and oxygen atoms in total. The Balaban J connectivity index is 2.31. The Labute approximate surface area is 120 Å². The third-order valence-electron chi connectivity index (χ3n) is 2.67. The molecule has 2 aromatic carbocycles. The highest BCUT2D eigenvalue weighted by Gasteiger charge is 2.07. The fourth-order valence-corrected chi connectivity index (χ4v) is 2.13. The molecule has 2 N–H and O–H groups in total. The van der Waals surface area contributed by atoms with E-state index in [0.29, 0.717) is 10.0 Å². The highest BCUT2D eigenvalue weighted by atomic mass is 35.5. The first-order chi connectivity index (χ1) is 8.97. The summed E-state index contributed by atoms with van der Waals surface area (Å²) in [6, 6.07) is 10.0. The molecule has 2 aromatic rings. The quantitative estimate of drug-likeness (QED) is 0.859. The smallest absolute Gasteiger partial charge is 0.335 e. The number of hydrogen-bond acceptors (Lipinski definition) is 2. The average molecular weight is 296 g/mol. The van der Waals surface area contributed by atoms with Crippen LogP contribution < -0.4 is 5.32 Å². The van der Waals surface area contributed by atoms with E-state index < -0.39 is 5.97 Å². The molecule has 19 heavy (non-hydrogen) atoms. The van der Waals surface area contributed by atoms with Gasteiger partial charge in [0, 0.05) is 10.7 Å². The van der Waals surface area contributed by atoms with Crippen LogP contribution in [0.1, 0.15) is 15.9 Å². The maximum atomic E-state index is 10.9. The fourth-order valence-electron chi connectivity index (χ4n) is 1.67. The topological polar surface area (TPSA) is 49.3 Å². The van der Waals surface area contributed by atoms with Crippen molar-refractivity contribution in [1.29, 1.82) is 0 Å². The maximum absolute atomic E-state index is 10.9. The molecule has 0 bridgehead atoms. The van der Waals surface area contributed by atoms with E-state index >= 15 is 0 Å². The first-order valence-electron chi connectivity index (χ1n) is 5.53. The number of rotatable bonds is 3. The molecule has 0 heterocycles. The van der Waals surface area contributed by atoms with Crippen molar-refractivity contribution in [3.63, 3.8) is 0 Å². The molecule has 0 radical (unpaired) electrons. The van der Waals surface area contributed by atoms with E-state index in [1.54, 1.807) is 36.4 Å². The lowest BCUT2D eigenvalue weighted by atomic mass is 10.1. The number of benzene rings is 2. The van der Waals surface area contributed by atoms with Crippen molar-refractivity contribution in [3.8, 4) is 0 Å². The molecule has 0 aromatic heterocycles. The highest BCUT2D eigenvalue weighted by Crippen LogP contribution is 2.29. The molecule has 0 fully saturated rings. The number of anilines is 2. The van der Waals surface area contributed by atoms with Gasteiger partial charge < -0.3 is 10.4 Å². The predicted molar refractivity (Wildman–Crippen MR) is 77.9 cm³/mol. The zero-order valence-electron chi connectivity index (χ0n) is 10.1. The van der Waals surface area contributed by atoms with E-state index in [4.69, 9.17) is 28.3 Å². The lowest BCUT2D eigenvalue weighted by molar-refractivity contribution is 0.0697. The second-order valence-electron chi connectivity index (χ2n) is 4.08. The standard InChI is InChI=1S/C14H11Cl2NO2/c1-8-6-9(14(18)19)2-4-12(8)17-13-5-3-10(15)7-11(13)16/h2-7,17H,1H3,(H,18,19). The SMILES string of the molecule is Cc1cc(C(=O)O)ccc1Nc1ccc(Cl)cc1Cl. The molecule has 0 aliphatic rings. The van der Waals surface area contributed by atoms with Crippen LogP contribution in [0.5, 0.6) is 0 Å². The minimum Gasteiger partial charge on any atom is -0.478 e. The molecular formula is C14H11Cl2NO2. The zero-order valence-corrected chi connectivity index (χ0v) is 11.6. The summed E-state index contributed by atoms with van der Waals surface area (Å²) in [5.74, 6) is -0.945. The number of carbonyl (C=O) groups is 1. The number of nitrogens with one attached hydrogen (secondary N) is 1.